The second-order valence-electron chi connectivity index (χ2n) is 2.92. The van der Waals surface area contributed by atoms with E-state index in [2.05, 4.69) is 10.1 Å². The van der Waals surface area contributed by atoms with Crippen LogP contribution in [0.1, 0.15) is 5.69 Å². The number of anilines is 1. The van der Waals surface area contributed by atoms with Gasteiger partial charge < -0.3 is 10.2 Å². The largest absolute Gasteiger partial charge is 0.439 e. The molecule has 74 valence electrons. The van der Waals surface area contributed by atoms with E-state index in [1.165, 1.54) is 11.8 Å². The van der Waals surface area contributed by atoms with Crippen molar-refractivity contribution in [2.75, 3.05) is 5.73 Å². The molecule has 2 aromatic rings. The summed E-state index contributed by atoms with van der Waals surface area (Å²) < 4.78 is 6.84. The van der Waals surface area contributed by atoms with Crippen molar-refractivity contribution in [3.63, 3.8) is 0 Å². The van der Waals surface area contributed by atoms with Crippen LogP contribution in [0.3, 0.4) is 0 Å². The minimum absolute atomic E-state index is 0.563. The van der Waals surface area contributed by atoms with E-state index < -0.39 is 0 Å². The van der Waals surface area contributed by atoms with Gasteiger partial charge in [-0.05, 0) is 18.7 Å². The van der Waals surface area contributed by atoms with Crippen LogP contribution in [0.25, 0.3) is 0 Å². The zero-order chi connectivity index (χ0) is 10.1. The topological polar surface area (TPSA) is 69.9 Å². The third-order valence-corrected chi connectivity index (χ3v) is 2.48. The first-order valence-corrected chi connectivity index (χ1v) is 4.86. The molecular weight excluding hydrogens is 200 g/mol. The lowest BCUT2D eigenvalue weighted by Crippen LogP contribution is -1.86. The number of hydrogen-bond acceptors (Lipinski definition) is 5. The first kappa shape index (κ1) is 9.14. The maximum absolute atomic E-state index is 5.72. The molecule has 2 N–H and O–H groups in total. The molecule has 5 nitrogen and oxygen atoms in total. The number of rotatable bonds is 2. The Kier molecular flexibility index (Phi) is 2.20. The zero-order valence-corrected chi connectivity index (χ0v) is 8.71. The number of aryl methyl sites for hydroxylation is 2. The van der Waals surface area contributed by atoms with Gasteiger partial charge in [0.1, 0.15) is 6.26 Å². The lowest BCUT2D eigenvalue weighted by atomic mass is 10.6. The smallest absolute Gasteiger partial charge is 0.262 e. The molecule has 14 heavy (non-hydrogen) atoms. The van der Waals surface area contributed by atoms with Crippen molar-refractivity contribution in [1.29, 1.82) is 0 Å². The Balaban J connectivity index is 2.22. The van der Waals surface area contributed by atoms with Gasteiger partial charge in [0.25, 0.3) is 5.22 Å². The molecule has 0 bridgehead atoms. The van der Waals surface area contributed by atoms with Crippen molar-refractivity contribution in [1.82, 2.24) is 14.8 Å². The first-order chi connectivity index (χ1) is 6.65. The highest BCUT2D eigenvalue weighted by Crippen LogP contribution is 2.29. The summed E-state index contributed by atoms with van der Waals surface area (Å²) >= 11 is 1.32. The monoisotopic (exact) mass is 210 g/mol. The van der Waals surface area contributed by atoms with Crippen LogP contribution in [0.4, 0.5) is 5.69 Å². The van der Waals surface area contributed by atoms with Crippen LogP contribution >= 0.6 is 11.8 Å². The molecule has 0 aliphatic carbocycles. The molecule has 2 aromatic heterocycles. The van der Waals surface area contributed by atoms with E-state index in [1.807, 2.05) is 14.0 Å². The van der Waals surface area contributed by atoms with E-state index in [4.69, 9.17) is 10.2 Å². The number of nitrogens with zero attached hydrogens (tertiary/aromatic N) is 3. The highest BCUT2D eigenvalue weighted by molar-refractivity contribution is 7.99. The third-order valence-electron chi connectivity index (χ3n) is 1.60. The van der Waals surface area contributed by atoms with Gasteiger partial charge in [0.05, 0.1) is 11.4 Å². The van der Waals surface area contributed by atoms with Crippen molar-refractivity contribution in [2.24, 2.45) is 7.05 Å². The minimum Gasteiger partial charge on any atom is -0.439 e. The minimum atomic E-state index is 0.563. The Bertz CT molecular complexity index is 448. The summed E-state index contributed by atoms with van der Waals surface area (Å²) in [5.41, 5.74) is 7.20. The molecule has 0 amide bonds. The highest BCUT2D eigenvalue weighted by Gasteiger charge is 2.09. The number of hydrogen-bond donors (Lipinski definition) is 1. The second-order valence-corrected chi connectivity index (χ2v) is 3.86. The van der Waals surface area contributed by atoms with Gasteiger partial charge in [0, 0.05) is 13.2 Å². The zero-order valence-electron chi connectivity index (χ0n) is 7.89. The molecule has 2 rings (SSSR count). The molecule has 6 heteroatoms. The van der Waals surface area contributed by atoms with Gasteiger partial charge in [-0.15, -0.1) is 0 Å². The Labute approximate surface area is 85.3 Å². The average Bonchev–Trinajstić information content (AvgIpc) is 2.61. The number of nitrogens with two attached hydrogens (primary N) is 1. The summed E-state index contributed by atoms with van der Waals surface area (Å²) in [5, 5.41) is 5.45. The first-order valence-electron chi connectivity index (χ1n) is 4.04. The predicted molar refractivity (Wildman–Crippen MR) is 53.0 cm³/mol. The van der Waals surface area contributed by atoms with Gasteiger partial charge in [-0.25, -0.2) is 4.98 Å². The summed E-state index contributed by atoms with van der Waals surface area (Å²) in [6, 6.07) is 0. The summed E-state index contributed by atoms with van der Waals surface area (Å²) in [4.78, 5) is 4.15. The molecular formula is C8H10N4OS. The van der Waals surface area contributed by atoms with Crippen LogP contribution in [0.15, 0.2) is 27.1 Å². The summed E-state index contributed by atoms with van der Waals surface area (Å²) in [6.45, 7) is 1.87. The van der Waals surface area contributed by atoms with Gasteiger partial charge in [-0.1, -0.05) is 0 Å². The van der Waals surface area contributed by atoms with Gasteiger partial charge >= 0.3 is 0 Å². The highest BCUT2D eigenvalue weighted by atomic mass is 32.2. The van der Waals surface area contributed by atoms with Gasteiger partial charge in [-0.3, -0.25) is 4.68 Å². The Morgan fingerprint density at radius 3 is 2.86 bits per heavy atom. The summed E-state index contributed by atoms with van der Waals surface area (Å²) in [7, 11) is 1.82. The van der Waals surface area contributed by atoms with Crippen LogP contribution in [0, 0.1) is 6.92 Å². The van der Waals surface area contributed by atoms with Crippen molar-refractivity contribution in [2.45, 2.75) is 17.2 Å². The number of aromatic nitrogens is 3. The second kappa shape index (κ2) is 3.38. The van der Waals surface area contributed by atoms with Gasteiger partial charge in [0.2, 0.25) is 0 Å². The molecule has 0 aliphatic rings. The normalized spacial score (nSPS) is 10.7. The van der Waals surface area contributed by atoms with E-state index in [9.17, 15) is 0 Å². The molecule has 0 atom stereocenters. The quantitative estimate of drug-likeness (QED) is 0.812. The lowest BCUT2D eigenvalue weighted by molar-refractivity contribution is 0.453. The van der Waals surface area contributed by atoms with Gasteiger partial charge in [-0.2, -0.15) is 5.10 Å². The van der Waals surface area contributed by atoms with Crippen molar-refractivity contribution >= 4 is 17.4 Å². The average molecular weight is 210 g/mol. The lowest BCUT2D eigenvalue weighted by Gasteiger charge is -1.91. The molecule has 0 saturated carbocycles. The fourth-order valence-corrected chi connectivity index (χ4v) is 1.82. The maximum Gasteiger partial charge on any atom is 0.262 e. The molecule has 2 heterocycles. The van der Waals surface area contributed by atoms with Crippen LogP contribution in [0.5, 0.6) is 0 Å². The van der Waals surface area contributed by atoms with E-state index in [1.54, 1.807) is 17.1 Å². The van der Waals surface area contributed by atoms with Crippen LogP contribution in [-0.4, -0.2) is 14.8 Å². The van der Waals surface area contributed by atoms with Crippen molar-refractivity contribution in [3.8, 4) is 0 Å². The van der Waals surface area contributed by atoms with E-state index in [0.29, 0.717) is 15.9 Å². The predicted octanol–water partition coefficient (Wildman–Crippen LogP) is 1.45. The molecule has 0 saturated heterocycles. The molecule has 0 unspecified atom stereocenters. The van der Waals surface area contributed by atoms with Crippen LogP contribution in [-0.2, 0) is 7.05 Å². The van der Waals surface area contributed by atoms with E-state index >= 15 is 0 Å². The van der Waals surface area contributed by atoms with E-state index in [0.717, 1.165) is 5.69 Å². The summed E-state index contributed by atoms with van der Waals surface area (Å²) in [6.07, 6.45) is 3.35. The fraction of sp³-hybridized carbons (Fsp3) is 0.250. The molecule has 0 radical (unpaired) electrons. The maximum atomic E-state index is 5.72. The Morgan fingerprint density at radius 1 is 1.57 bits per heavy atom. The van der Waals surface area contributed by atoms with Crippen LogP contribution in [0.2, 0.25) is 0 Å². The van der Waals surface area contributed by atoms with Crippen LogP contribution < -0.4 is 5.73 Å². The molecule has 0 fully saturated rings. The van der Waals surface area contributed by atoms with Gasteiger partial charge in [0.15, 0.2) is 5.03 Å². The summed E-state index contributed by atoms with van der Waals surface area (Å²) in [5.74, 6) is 0. The standard InChI is InChI=1S/C8H10N4OS/c1-5-4-13-8(10-5)14-7-6(9)3-12(2)11-7/h3-4H,9H2,1-2H3. The van der Waals surface area contributed by atoms with E-state index in [-0.39, 0.29) is 0 Å². The van der Waals surface area contributed by atoms with Crippen molar-refractivity contribution < 1.29 is 4.42 Å². The van der Waals surface area contributed by atoms with Crippen molar-refractivity contribution in [3.05, 3.63) is 18.2 Å². The Morgan fingerprint density at radius 2 is 2.36 bits per heavy atom. The Hall–Kier alpha value is -1.43. The number of oxazole rings is 1. The SMILES string of the molecule is Cc1coc(Sc2nn(C)cc2N)n1. The molecule has 0 spiro atoms. The number of nitrogen functional groups attached to an aromatic ring is 1. The molecule has 0 aromatic carbocycles. The fourth-order valence-electron chi connectivity index (χ4n) is 1.03. The third kappa shape index (κ3) is 1.74. The molecule has 0 aliphatic heterocycles.